The molecule has 0 spiro atoms. The Bertz CT molecular complexity index is 751. The first-order chi connectivity index (χ1) is 11.3. The molecule has 0 aromatic heterocycles. The molecule has 0 aliphatic heterocycles. The molecule has 1 N–H and O–H groups in total. The first-order valence-corrected chi connectivity index (χ1v) is 8.32. The fourth-order valence-electron chi connectivity index (χ4n) is 3.48. The largest absolute Gasteiger partial charge is 0.273 e. The summed E-state index contributed by atoms with van der Waals surface area (Å²) in [4.78, 5) is 12.3. The van der Waals surface area contributed by atoms with Gasteiger partial charge in [-0.05, 0) is 42.7 Å². The number of fused-ring (bicyclic) bond motifs is 1. The van der Waals surface area contributed by atoms with E-state index in [1.165, 1.54) is 16.7 Å². The molecule has 4 rings (SSSR count). The maximum Gasteiger partial charge on any atom is 0.243 e. The van der Waals surface area contributed by atoms with Gasteiger partial charge in [0.1, 0.15) is 0 Å². The third-order valence-corrected chi connectivity index (χ3v) is 4.84. The molecule has 2 atom stereocenters. The summed E-state index contributed by atoms with van der Waals surface area (Å²) in [5.74, 6) is 0.477. The predicted octanol–water partition coefficient (Wildman–Crippen LogP) is 3.65. The highest BCUT2D eigenvalue weighted by Crippen LogP contribution is 2.47. The van der Waals surface area contributed by atoms with Crippen LogP contribution in [0.5, 0.6) is 0 Å². The Morgan fingerprint density at radius 2 is 1.78 bits per heavy atom. The molecule has 2 aliphatic rings. The number of nitrogens with one attached hydrogen (secondary N) is 1. The van der Waals surface area contributed by atoms with Crippen molar-refractivity contribution in [2.24, 2.45) is 11.0 Å². The number of carbonyl (C=O) groups is 1. The van der Waals surface area contributed by atoms with Gasteiger partial charge < -0.3 is 0 Å². The van der Waals surface area contributed by atoms with Crippen molar-refractivity contribution in [3.05, 3.63) is 71.3 Å². The molecule has 2 aliphatic carbocycles. The lowest BCUT2D eigenvalue weighted by molar-refractivity contribution is -0.122. The van der Waals surface area contributed by atoms with Crippen molar-refractivity contribution in [1.82, 2.24) is 5.43 Å². The molecule has 0 heterocycles. The van der Waals surface area contributed by atoms with Crippen LogP contribution in [0.15, 0.2) is 59.7 Å². The van der Waals surface area contributed by atoms with Crippen LogP contribution >= 0.6 is 0 Å². The molecule has 0 radical (unpaired) electrons. The molecule has 2 aromatic carbocycles. The van der Waals surface area contributed by atoms with E-state index in [9.17, 15) is 4.79 Å². The average molecular weight is 304 g/mol. The topological polar surface area (TPSA) is 41.5 Å². The van der Waals surface area contributed by atoms with E-state index in [-0.39, 0.29) is 11.8 Å². The van der Waals surface area contributed by atoms with E-state index < -0.39 is 0 Å². The fourth-order valence-corrected chi connectivity index (χ4v) is 3.48. The van der Waals surface area contributed by atoms with Crippen molar-refractivity contribution < 1.29 is 4.79 Å². The lowest BCUT2D eigenvalue weighted by Gasteiger charge is -2.17. The molecule has 0 bridgehead atoms. The Hall–Kier alpha value is -2.42. The highest BCUT2D eigenvalue weighted by atomic mass is 16.2. The Labute approximate surface area is 136 Å². The summed E-state index contributed by atoms with van der Waals surface area (Å²) >= 11 is 0. The summed E-state index contributed by atoms with van der Waals surface area (Å²) in [6.07, 6.45) is 4.06. The van der Waals surface area contributed by atoms with E-state index in [1.54, 1.807) is 0 Å². The SMILES string of the molecule is O=C(NN=C1CCCc2ccccc21)[C@H]1C[C@@H]1c1ccccc1. The molecule has 3 nitrogen and oxygen atoms in total. The van der Waals surface area contributed by atoms with E-state index >= 15 is 0 Å². The molecule has 0 saturated heterocycles. The number of rotatable bonds is 3. The number of benzene rings is 2. The quantitative estimate of drug-likeness (QED) is 0.864. The van der Waals surface area contributed by atoms with Crippen LogP contribution in [0.2, 0.25) is 0 Å². The van der Waals surface area contributed by atoms with E-state index in [1.807, 2.05) is 24.3 Å². The smallest absolute Gasteiger partial charge is 0.243 e. The van der Waals surface area contributed by atoms with E-state index in [2.05, 4.69) is 40.9 Å². The molecule has 1 fully saturated rings. The van der Waals surface area contributed by atoms with Crippen LogP contribution in [0.25, 0.3) is 0 Å². The van der Waals surface area contributed by atoms with Gasteiger partial charge in [0.15, 0.2) is 0 Å². The number of aryl methyl sites for hydroxylation is 1. The molecule has 1 amide bonds. The van der Waals surface area contributed by atoms with Crippen LogP contribution in [-0.4, -0.2) is 11.6 Å². The van der Waals surface area contributed by atoms with Gasteiger partial charge in [-0.1, -0.05) is 54.6 Å². The van der Waals surface area contributed by atoms with Gasteiger partial charge in [-0.2, -0.15) is 5.10 Å². The minimum Gasteiger partial charge on any atom is -0.273 e. The lowest BCUT2D eigenvalue weighted by atomic mass is 9.90. The molecule has 116 valence electrons. The predicted molar refractivity (Wildman–Crippen MR) is 91.3 cm³/mol. The van der Waals surface area contributed by atoms with Crippen LogP contribution in [0.3, 0.4) is 0 Å². The summed E-state index contributed by atoms with van der Waals surface area (Å²) < 4.78 is 0. The van der Waals surface area contributed by atoms with Gasteiger partial charge in [-0.15, -0.1) is 0 Å². The van der Waals surface area contributed by atoms with E-state index in [4.69, 9.17) is 0 Å². The molecule has 0 unspecified atom stereocenters. The summed E-state index contributed by atoms with van der Waals surface area (Å²) in [6, 6.07) is 18.6. The van der Waals surface area contributed by atoms with Gasteiger partial charge in [0.25, 0.3) is 0 Å². The van der Waals surface area contributed by atoms with Gasteiger partial charge in [0, 0.05) is 11.5 Å². The zero-order valence-electron chi connectivity index (χ0n) is 13.0. The number of carbonyl (C=O) groups excluding carboxylic acids is 1. The first-order valence-electron chi connectivity index (χ1n) is 8.32. The Kier molecular flexibility index (Phi) is 3.70. The van der Waals surface area contributed by atoms with Crippen LogP contribution in [0, 0.1) is 5.92 Å². The molecular formula is C20H20N2O. The van der Waals surface area contributed by atoms with Crippen molar-refractivity contribution in [2.75, 3.05) is 0 Å². The molecule has 3 heteroatoms. The lowest BCUT2D eigenvalue weighted by Crippen LogP contribution is -2.23. The van der Waals surface area contributed by atoms with Gasteiger partial charge in [0.05, 0.1) is 5.71 Å². The maximum absolute atomic E-state index is 12.3. The minimum absolute atomic E-state index is 0.0504. The standard InChI is InChI=1S/C20H20N2O/c23-20(18-13-17(18)15-7-2-1-3-8-15)22-21-19-12-6-10-14-9-4-5-11-16(14)19/h1-5,7-9,11,17-18H,6,10,12-13H2,(H,22,23)/t17-,18+/m1/s1. The van der Waals surface area contributed by atoms with Gasteiger partial charge in [-0.3, -0.25) is 4.79 Å². The van der Waals surface area contributed by atoms with Gasteiger partial charge >= 0.3 is 0 Å². The normalized spacial score (nSPS) is 24.1. The van der Waals surface area contributed by atoms with Gasteiger partial charge in [0.2, 0.25) is 5.91 Å². The Morgan fingerprint density at radius 3 is 2.65 bits per heavy atom. The number of amides is 1. The van der Waals surface area contributed by atoms with Crippen molar-refractivity contribution in [3.63, 3.8) is 0 Å². The van der Waals surface area contributed by atoms with Crippen molar-refractivity contribution in [1.29, 1.82) is 0 Å². The Morgan fingerprint density at radius 1 is 1.00 bits per heavy atom. The van der Waals surface area contributed by atoms with Crippen LogP contribution in [0.1, 0.15) is 41.9 Å². The number of hydrogen-bond acceptors (Lipinski definition) is 2. The molecule has 23 heavy (non-hydrogen) atoms. The van der Waals surface area contributed by atoms with E-state index in [0.717, 1.165) is 31.4 Å². The fraction of sp³-hybridized carbons (Fsp3) is 0.300. The summed E-state index contributed by atoms with van der Waals surface area (Å²) in [6.45, 7) is 0. The molecule has 1 saturated carbocycles. The highest BCUT2D eigenvalue weighted by molar-refractivity contribution is 6.03. The Balaban J connectivity index is 1.43. The second kappa shape index (κ2) is 5.99. The van der Waals surface area contributed by atoms with E-state index in [0.29, 0.717) is 5.92 Å². The summed E-state index contributed by atoms with van der Waals surface area (Å²) in [7, 11) is 0. The molecular weight excluding hydrogens is 284 g/mol. The first kappa shape index (κ1) is 14.2. The van der Waals surface area contributed by atoms with Crippen LogP contribution < -0.4 is 5.43 Å². The van der Waals surface area contributed by atoms with Gasteiger partial charge in [-0.25, -0.2) is 5.43 Å². The van der Waals surface area contributed by atoms with Crippen molar-refractivity contribution in [2.45, 2.75) is 31.6 Å². The zero-order valence-corrected chi connectivity index (χ0v) is 13.0. The maximum atomic E-state index is 12.3. The number of hydrazone groups is 1. The third-order valence-electron chi connectivity index (χ3n) is 4.84. The third kappa shape index (κ3) is 2.91. The second-order valence-corrected chi connectivity index (χ2v) is 6.40. The monoisotopic (exact) mass is 304 g/mol. The number of hydrogen-bond donors (Lipinski definition) is 1. The zero-order chi connectivity index (χ0) is 15.6. The number of nitrogens with zero attached hydrogens (tertiary/aromatic N) is 1. The average Bonchev–Trinajstić information content (AvgIpc) is 3.41. The summed E-state index contributed by atoms with van der Waals surface area (Å²) in [5.41, 5.74) is 7.59. The van der Waals surface area contributed by atoms with Crippen LogP contribution in [-0.2, 0) is 11.2 Å². The second-order valence-electron chi connectivity index (χ2n) is 6.40. The summed E-state index contributed by atoms with van der Waals surface area (Å²) in [5, 5.41) is 4.43. The highest BCUT2D eigenvalue weighted by Gasteiger charge is 2.43. The van der Waals surface area contributed by atoms with Crippen LogP contribution in [0.4, 0.5) is 0 Å². The van der Waals surface area contributed by atoms with Crippen molar-refractivity contribution in [3.8, 4) is 0 Å². The van der Waals surface area contributed by atoms with Crippen molar-refractivity contribution >= 4 is 11.6 Å². The molecule has 2 aromatic rings. The minimum atomic E-state index is 0.0504.